The van der Waals surface area contributed by atoms with Crippen molar-refractivity contribution in [2.75, 3.05) is 5.33 Å². The number of allylic oxidation sites excluding steroid dienone is 1. The van der Waals surface area contributed by atoms with Crippen LogP contribution >= 0.6 is 15.9 Å². The first-order valence-corrected chi connectivity index (χ1v) is 7.50. The quantitative estimate of drug-likeness (QED) is 0.676. The molecular weight excluding hydrogens is 300 g/mol. The predicted molar refractivity (Wildman–Crippen MR) is 84.7 cm³/mol. The third-order valence-electron chi connectivity index (χ3n) is 2.69. The molecule has 0 aliphatic heterocycles. The summed E-state index contributed by atoms with van der Waals surface area (Å²) in [6.45, 7) is 0.607. The Hall–Kier alpha value is -1.54. The monoisotopic (exact) mass is 316 g/mol. The van der Waals surface area contributed by atoms with E-state index in [4.69, 9.17) is 4.74 Å². The lowest BCUT2D eigenvalue weighted by Gasteiger charge is -2.06. The Bertz CT molecular complexity index is 520. The lowest BCUT2D eigenvalue weighted by atomic mass is 10.2. The van der Waals surface area contributed by atoms with Gasteiger partial charge in [-0.15, -0.1) is 0 Å². The Labute approximate surface area is 123 Å². The third-order valence-corrected chi connectivity index (χ3v) is 3.15. The highest BCUT2D eigenvalue weighted by atomic mass is 79.9. The minimum atomic E-state index is 0.607. The lowest BCUT2D eigenvalue weighted by molar-refractivity contribution is 0.306. The van der Waals surface area contributed by atoms with Crippen LogP contribution in [0.3, 0.4) is 0 Å². The van der Waals surface area contributed by atoms with Gasteiger partial charge in [-0.05, 0) is 29.7 Å². The van der Waals surface area contributed by atoms with Crippen molar-refractivity contribution in [1.29, 1.82) is 0 Å². The number of alkyl halides is 1. The first-order valence-electron chi connectivity index (χ1n) is 6.38. The Kier molecular flexibility index (Phi) is 5.70. The fourth-order valence-electron chi connectivity index (χ4n) is 1.73. The fraction of sp³-hybridized carbons (Fsp3) is 0.176. The molecule has 0 radical (unpaired) electrons. The van der Waals surface area contributed by atoms with Gasteiger partial charge in [-0.1, -0.05) is 70.5 Å². The highest BCUT2D eigenvalue weighted by molar-refractivity contribution is 9.09. The van der Waals surface area contributed by atoms with E-state index in [-0.39, 0.29) is 0 Å². The second-order valence-corrected chi connectivity index (χ2v) is 5.02. The molecule has 0 saturated carbocycles. The van der Waals surface area contributed by atoms with Gasteiger partial charge in [0, 0.05) is 5.33 Å². The Morgan fingerprint density at radius 2 is 1.84 bits per heavy atom. The third kappa shape index (κ3) is 4.92. The van der Waals surface area contributed by atoms with Crippen molar-refractivity contribution >= 4 is 22.0 Å². The van der Waals surface area contributed by atoms with Gasteiger partial charge in [-0.2, -0.15) is 0 Å². The summed E-state index contributed by atoms with van der Waals surface area (Å²) >= 11 is 3.41. The van der Waals surface area contributed by atoms with Crippen LogP contribution in [0.25, 0.3) is 6.08 Å². The summed E-state index contributed by atoms with van der Waals surface area (Å²) in [5.74, 6) is 0.907. The van der Waals surface area contributed by atoms with Gasteiger partial charge in [0.05, 0.1) is 0 Å². The highest BCUT2D eigenvalue weighted by Gasteiger charge is 1.96. The largest absolute Gasteiger partial charge is 0.489 e. The molecule has 2 heteroatoms. The number of hydrogen-bond donors (Lipinski definition) is 0. The summed E-state index contributed by atoms with van der Waals surface area (Å²) in [7, 11) is 0. The molecule has 0 aliphatic rings. The van der Waals surface area contributed by atoms with Crippen LogP contribution in [-0.2, 0) is 6.61 Å². The highest BCUT2D eigenvalue weighted by Crippen LogP contribution is 2.16. The van der Waals surface area contributed by atoms with Crippen molar-refractivity contribution in [3.8, 4) is 5.75 Å². The van der Waals surface area contributed by atoms with E-state index in [0.717, 1.165) is 17.5 Å². The standard InChI is InChI=1S/C17H17BrO/c18-12-5-4-7-15-10-6-11-17(13-15)19-14-16-8-2-1-3-9-16/h1-4,6-11,13H,5,12,14H2. The van der Waals surface area contributed by atoms with Crippen LogP contribution in [0.1, 0.15) is 17.5 Å². The van der Waals surface area contributed by atoms with Crippen LogP contribution in [0.4, 0.5) is 0 Å². The first-order chi connectivity index (χ1) is 9.38. The summed E-state index contributed by atoms with van der Waals surface area (Å²) in [6, 6.07) is 18.4. The lowest BCUT2D eigenvalue weighted by Crippen LogP contribution is -1.94. The van der Waals surface area contributed by atoms with Crippen molar-refractivity contribution in [2.24, 2.45) is 0 Å². The number of hydrogen-bond acceptors (Lipinski definition) is 1. The summed E-state index contributed by atoms with van der Waals surface area (Å²) < 4.78 is 5.80. The summed E-state index contributed by atoms with van der Waals surface area (Å²) in [6.07, 6.45) is 5.32. The van der Waals surface area contributed by atoms with E-state index in [1.807, 2.05) is 30.3 Å². The molecule has 0 bridgehead atoms. The normalized spacial score (nSPS) is 10.8. The summed E-state index contributed by atoms with van der Waals surface area (Å²) in [4.78, 5) is 0. The van der Waals surface area contributed by atoms with Gasteiger partial charge in [-0.3, -0.25) is 0 Å². The van der Waals surface area contributed by atoms with Crippen LogP contribution < -0.4 is 4.74 Å². The maximum atomic E-state index is 5.80. The van der Waals surface area contributed by atoms with E-state index in [1.54, 1.807) is 0 Å². The zero-order valence-electron chi connectivity index (χ0n) is 10.8. The van der Waals surface area contributed by atoms with Crippen LogP contribution in [0.5, 0.6) is 5.75 Å². The molecule has 0 amide bonds. The van der Waals surface area contributed by atoms with E-state index >= 15 is 0 Å². The zero-order valence-corrected chi connectivity index (χ0v) is 12.3. The van der Waals surface area contributed by atoms with Crippen molar-refractivity contribution in [3.63, 3.8) is 0 Å². The minimum Gasteiger partial charge on any atom is -0.489 e. The molecule has 0 aromatic heterocycles. The Morgan fingerprint density at radius 1 is 1.00 bits per heavy atom. The van der Waals surface area contributed by atoms with E-state index in [0.29, 0.717) is 6.61 Å². The second-order valence-electron chi connectivity index (χ2n) is 4.23. The van der Waals surface area contributed by atoms with Crippen molar-refractivity contribution in [2.45, 2.75) is 13.0 Å². The van der Waals surface area contributed by atoms with Gasteiger partial charge in [-0.25, -0.2) is 0 Å². The van der Waals surface area contributed by atoms with Gasteiger partial charge in [0.15, 0.2) is 0 Å². The number of benzene rings is 2. The van der Waals surface area contributed by atoms with Gasteiger partial charge in [0.1, 0.15) is 12.4 Å². The molecule has 0 saturated heterocycles. The van der Waals surface area contributed by atoms with Gasteiger partial charge in [0.2, 0.25) is 0 Å². The molecule has 2 rings (SSSR count). The molecular formula is C17H17BrO. The molecule has 0 spiro atoms. The Balaban J connectivity index is 1.95. The molecule has 0 N–H and O–H groups in total. The van der Waals surface area contributed by atoms with E-state index in [2.05, 4.69) is 52.3 Å². The predicted octanol–water partition coefficient (Wildman–Crippen LogP) is 5.06. The Morgan fingerprint density at radius 3 is 2.63 bits per heavy atom. The van der Waals surface area contributed by atoms with E-state index in [9.17, 15) is 0 Å². The van der Waals surface area contributed by atoms with Gasteiger partial charge < -0.3 is 4.74 Å². The molecule has 0 heterocycles. The van der Waals surface area contributed by atoms with Crippen molar-refractivity contribution in [1.82, 2.24) is 0 Å². The summed E-state index contributed by atoms with van der Waals surface area (Å²) in [5, 5.41) is 0.994. The SMILES string of the molecule is BrCCC=Cc1cccc(OCc2ccccc2)c1. The number of halogens is 1. The molecule has 2 aromatic rings. The maximum absolute atomic E-state index is 5.80. The minimum absolute atomic E-state index is 0.607. The maximum Gasteiger partial charge on any atom is 0.120 e. The van der Waals surface area contributed by atoms with E-state index in [1.165, 1.54) is 11.1 Å². The molecule has 1 nitrogen and oxygen atoms in total. The molecule has 19 heavy (non-hydrogen) atoms. The van der Waals surface area contributed by atoms with Crippen molar-refractivity contribution < 1.29 is 4.74 Å². The average molecular weight is 317 g/mol. The van der Waals surface area contributed by atoms with Crippen LogP contribution in [0.2, 0.25) is 0 Å². The first kappa shape index (κ1) is 13.9. The van der Waals surface area contributed by atoms with Gasteiger partial charge >= 0.3 is 0 Å². The smallest absolute Gasteiger partial charge is 0.120 e. The van der Waals surface area contributed by atoms with Crippen LogP contribution in [0.15, 0.2) is 60.7 Å². The molecule has 0 atom stereocenters. The number of rotatable bonds is 6. The van der Waals surface area contributed by atoms with Gasteiger partial charge in [0.25, 0.3) is 0 Å². The second kappa shape index (κ2) is 7.80. The molecule has 2 aromatic carbocycles. The van der Waals surface area contributed by atoms with E-state index < -0.39 is 0 Å². The average Bonchev–Trinajstić information content (AvgIpc) is 2.47. The van der Waals surface area contributed by atoms with Crippen LogP contribution in [-0.4, -0.2) is 5.33 Å². The topological polar surface area (TPSA) is 9.23 Å². The molecule has 0 aliphatic carbocycles. The zero-order chi connectivity index (χ0) is 13.3. The van der Waals surface area contributed by atoms with Crippen LogP contribution in [0, 0.1) is 0 Å². The molecule has 0 fully saturated rings. The molecule has 98 valence electrons. The van der Waals surface area contributed by atoms with Crippen molar-refractivity contribution in [3.05, 3.63) is 71.8 Å². The summed E-state index contributed by atoms with van der Waals surface area (Å²) in [5.41, 5.74) is 2.36. The molecule has 0 unspecified atom stereocenters. The number of ether oxygens (including phenoxy) is 1. The fourth-order valence-corrected chi connectivity index (χ4v) is 2.00.